The fourth-order valence-electron chi connectivity index (χ4n) is 2.70. The summed E-state index contributed by atoms with van der Waals surface area (Å²) in [5.41, 5.74) is 4.47. The van der Waals surface area contributed by atoms with Gasteiger partial charge in [-0.25, -0.2) is 0 Å². The molecule has 0 amide bonds. The summed E-state index contributed by atoms with van der Waals surface area (Å²) < 4.78 is 2.13. The Morgan fingerprint density at radius 3 is 2.65 bits per heavy atom. The predicted molar refractivity (Wildman–Crippen MR) is 96.2 cm³/mol. The minimum atomic E-state index is 0.758. The summed E-state index contributed by atoms with van der Waals surface area (Å²) in [5, 5.41) is 11.6. The van der Waals surface area contributed by atoms with Crippen LogP contribution in [0.4, 0.5) is 0 Å². The van der Waals surface area contributed by atoms with E-state index in [9.17, 15) is 0 Å². The first-order chi connectivity index (χ1) is 11.2. The summed E-state index contributed by atoms with van der Waals surface area (Å²) in [5.74, 6) is 0.833. The van der Waals surface area contributed by atoms with Gasteiger partial charge in [0.1, 0.15) is 0 Å². The molecule has 2 aromatic heterocycles. The molecule has 0 aliphatic rings. The van der Waals surface area contributed by atoms with Gasteiger partial charge < -0.3 is 0 Å². The van der Waals surface area contributed by atoms with Crippen LogP contribution in [0.1, 0.15) is 11.1 Å². The Balaban J connectivity index is 1.75. The number of nitrogens with zero attached hydrogens (tertiary/aromatic N) is 3. The summed E-state index contributed by atoms with van der Waals surface area (Å²) in [4.78, 5) is 0. The minimum Gasteiger partial charge on any atom is -0.270 e. The smallest absolute Gasteiger partial charge is 0.196 e. The van der Waals surface area contributed by atoms with E-state index < -0.39 is 0 Å². The molecule has 0 unspecified atom stereocenters. The highest BCUT2D eigenvalue weighted by molar-refractivity contribution is 7.98. The summed E-state index contributed by atoms with van der Waals surface area (Å²) in [6.45, 7) is 2.11. The number of rotatable bonds is 3. The first-order valence-corrected chi connectivity index (χ1v) is 8.69. The Hall–Kier alpha value is -2.04. The van der Waals surface area contributed by atoms with E-state index in [-0.39, 0.29) is 0 Å². The normalized spacial score (nSPS) is 11.4. The molecule has 0 saturated carbocycles. The number of para-hydroxylation sites is 1. The van der Waals surface area contributed by atoms with Crippen molar-refractivity contribution < 1.29 is 0 Å². The molecule has 0 atom stereocenters. The molecule has 2 aromatic carbocycles. The van der Waals surface area contributed by atoms with Crippen LogP contribution in [0, 0.1) is 6.92 Å². The van der Waals surface area contributed by atoms with Crippen LogP contribution in [0.5, 0.6) is 0 Å². The van der Waals surface area contributed by atoms with Crippen LogP contribution in [0.15, 0.2) is 59.8 Å². The zero-order chi connectivity index (χ0) is 15.8. The molecule has 0 fully saturated rings. The van der Waals surface area contributed by atoms with Gasteiger partial charge in [0, 0.05) is 16.2 Å². The van der Waals surface area contributed by atoms with Gasteiger partial charge in [0.15, 0.2) is 10.8 Å². The number of aryl methyl sites for hydroxylation is 1. The van der Waals surface area contributed by atoms with Gasteiger partial charge in [0.05, 0.1) is 5.52 Å². The molecular weight excluding hydrogens is 326 g/mol. The molecule has 4 aromatic rings. The Kier molecular flexibility index (Phi) is 3.71. The second-order valence-corrected chi connectivity index (χ2v) is 6.81. The van der Waals surface area contributed by atoms with Crippen LogP contribution in [-0.2, 0) is 5.75 Å². The van der Waals surface area contributed by atoms with Crippen molar-refractivity contribution in [2.24, 2.45) is 0 Å². The topological polar surface area (TPSA) is 30.2 Å². The number of hydrogen-bond acceptors (Lipinski definition) is 3. The maximum Gasteiger partial charge on any atom is 0.196 e. The van der Waals surface area contributed by atoms with Gasteiger partial charge in [-0.2, -0.15) is 0 Å². The minimum absolute atomic E-state index is 0.758. The fourth-order valence-corrected chi connectivity index (χ4v) is 3.73. The molecule has 0 aliphatic carbocycles. The van der Waals surface area contributed by atoms with Gasteiger partial charge >= 0.3 is 0 Å². The van der Waals surface area contributed by atoms with E-state index in [1.807, 2.05) is 24.3 Å². The van der Waals surface area contributed by atoms with Gasteiger partial charge in [0.2, 0.25) is 0 Å². The summed E-state index contributed by atoms with van der Waals surface area (Å²) in [7, 11) is 0. The lowest BCUT2D eigenvalue weighted by atomic mass is 10.1. The number of aromatic nitrogens is 3. The average molecular weight is 340 g/mol. The van der Waals surface area contributed by atoms with E-state index in [4.69, 9.17) is 11.6 Å². The van der Waals surface area contributed by atoms with Crippen molar-refractivity contribution in [2.75, 3.05) is 0 Å². The number of thioether (sulfide) groups is 1. The zero-order valence-electron chi connectivity index (χ0n) is 12.5. The monoisotopic (exact) mass is 339 g/mol. The molecule has 0 bridgehead atoms. The molecule has 114 valence electrons. The van der Waals surface area contributed by atoms with Crippen LogP contribution < -0.4 is 0 Å². The highest BCUT2D eigenvalue weighted by Gasteiger charge is 2.11. The molecule has 2 heterocycles. The van der Waals surface area contributed by atoms with Gasteiger partial charge in [0.25, 0.3) is 0 Å². The lowest BCUT2D eigenvalue weighted by Gasteiger charge is -2.07. The number of halogens is 1. The molecule has 3 nitrogen and oxygen atoms in total. The third-order valence-corrected chi connectivity index (χ3v) is 5.11. The van der Waals surface area contributed by atoms with E-state index in [0.717, 1.165) is 27.1 Å². The van der Waals surface area contributed by atoms with Crippen LogP contribution in [0.25, 0.3) is 16.6 Å². The van der Waals surface area contributed by atoms with Crippen LogP contribution in [-0.4, -0.2) is 14.6 Å². The fraction of sp³-hybridized carbons (Fsp3) is 0.111. The van der Waals surface area contributed by atoms with E-state index >= 15 is 0 Å². The maximum absolute atomic E-state index is 5.94. The first-order valence-electron chi connectivity index (χ1n) is 7.33. The summed E-state index contributed by atoms with van der Waals surface area (Å²) in [6.07, 6.45) is 0. The number of hydrogen-bond donors (Lipinski definition) is 0. The van der Waals surface area contributed by atoms with Crippen molar-refractivity contribution >= 4 is 39.9 Å². The van der Waals surface area contributed by atoms with Gasteiger partial charge in [-0.3, -0.25) is 4.40 Å². The van der Waals surface area contributed by atoms with Crippen molar-refractivity contribution in [1.29, 1.82) is 0 Å². The lowest BCUT2D eigenvalue weighted by molar-refractivity contribution is 0.939. The van der Waals surface area contributed by atoms with Crippen molar-refractivity contribution in [3.63, 3.8) is 0 Å². The standard InChI is InChI=1S/C18H14ClN3S/c1-12-10-17-20-21-18(22(17)16-5-3-2-4-15(12)16)23-11-13-6-8-14(19)9-7-13/h2-10H,11H2,1H3. The summed E-state index contributed by atoms with van der Waals surface area (Å²) >= 11 is 7.62. The quantitative estimate of drug-likeness (QED) is 0.484. The molecule has 0 radical (unpaired) electrons. The number of benzene rings is 2. The molecule has 23 heavy (non-hydrogen) atoms. The van der Waals surface area contributed by atoms with Crippen LogP contribution in [0.3, 0.4) is 0 Å². The Morgan fingerprint density at radius 2 is 1.83 bits per heavy atom. The number of pyridine rings is 1. The highest BCUT2D eigenvalue weighted by Crippen LogP contribution is 2.27. The Morgan fingerprint density at radius 1 is 1.04 bits per heavy atom. The molecular formula is C18H14ClN3S. The summed E-state index contributed by atoms with van der Waals surface area (Å²) in [6, 6.07) is 18.4. The molecule has 0 N–H and O–H groups in total. The van der Waals surface area contributed by atoms with E-state index in [1.54, 1.807) is 11.8 Å². The van der Waals surface area contributed by atoms with Crippen LogP contribution in [0.2, 0.25) is 5.02 Å². The Bertz CT molecular complexity index is 992. The van der Waals surface area contributed by atoms with E-state index in [2.05, 4.69) is 51.9 Å². The molecule has 0 aliphatic heterocycles. The molecule has 0 saturated heterocycles. The third-order valence-electron chi connectivity index (χ3n) is 3.85. The van der Waals surface area contributed by atoms with Gasteiger partial charge in [-0.15, -0.1) is 10.2 Å². The first kappa shape index (κ1) is 14.5. The van der Waals surface area contributed by atoms with Crippen molar-refractivity contribution in [1.82, 2.24) is 14.6 Å². The largest absolute Gasteiger partial charge is 0.270 e. The molecule has 0 spiro atoms. The van der Waals surface area contributed by atoms with E-state index in [1.165, 1.54) is 16.5 Å². The Labute approximate surface area is 143 Å². The zero-order valence-corrected chi connectivity index (χ0v) is 14.1. The molecule has 5 heteroatoms. The molecule has 4 rings (SSSR count). The van der Waals surface area contributed by atoms with Crippen LogP contribution >= 0.6 is 23.4 Å². The SMILES string of the molecule is Cc1cc2nnc(SCc3ccc(Cl)cc3)n2c2ccccc12. The van der Waals surface area contributed by atoms with Gasteiger partial charge in [-0.1, -0.05) is 53.7 Å². The third kappa shape index (κ3) is 2.69. The maximum atomic E-state index is 5.94. The van der Waals surface area contributed by atoms with Crippen molar-refractivity contribution in [3.8, 4) is 0 Å². The lowest BCUT2D eigenvalue weighted by Crippen LogP contribution is -1.93. The highest BCUT2D eigenvalue weighted by atomic mass is 35.5. The van der Waals surface area contributed by atoms with Gasteiger partial charge in [-0.05, 0) is 42.3 Å². The van der Waals surface area contributed by atoms with E-state index in [0.29, 0.717) is 0 Å². The van der Waals surface area contributed by atoms with Crippen molar-refractivity contribution in [2.45, 2.75) is 17.8 Å². The van der Waals surface area contributed by atoms with Crippen molar-refractivity contribution in [3.05, 3.63) is 70.7 Å². The second-order valence-electron chi connectivity index (χ2n) is 5.44. The predicted octanol–water partition coefficient (Wildman–Crippen LogP) is 5.14. The number of fused-ring (bicyclic) bond motifs is 3. The second kappa shape index (κ2) is 5.87. The average Bonchev–Trinajstić information content (AvgIpc) is 2.98.